The van der Waals surface area contributed by atoms with Crippen molar-refractivity contribution >= 4 is 5.91 Å². The second-order valence-corrected chi connectivity index (χ2v) is 6.05. The largest absolute Gasteiger partial charge is 0.395 e. The van der Waals surface area contributed by atoms with Crippen molar-refractivity contribution in [2.24, 2.45) is 0 Å². The van der Waals surface area contributed by atoms with Gasteiger partial charge in [0.05, 0.1) is 13.2 Å². The van der Waals surface area contributed by atoms with E-state index >= 15 is 0 Å². The molecule has 0 aromatic carbocycles. The Morgan fingerprint density at radius 3 is 2.62 bits per heavy atom. The summed E-state index contributed by atoms with van der Waals surface area (Å²) in [6, 6.07) is 0. The number of β-amino-alcohol motifs (C(OH)–C–C–N with tert-alkyl or cyclic N) is 1. The van der Waals surface area contributed by atoms with E-state index in [2.05, 4.69) is 21.2 Å². The van der Waals surface area contributed by atoms with Crippen molar-refractivity contribution in [1.82, 2.24) is 15.1 Å². The van der Waals surface area contributed by atoms with Crippen molar-refractivity contribution in [1.29, 1.82) is 0 Å². The predicted octanol–water partition coefficient (Wildman–Crippen LogP) is 0.603. The van der Waals surface area contributed by atoms with Crippen LogP contribution in [0.3, 0.4) is 0 Å². The van der Waals surface area contributed by atoms with E-state index in [0.717, 1.165) is 45.7 Å². The Labute approximate surface area is 128 Å². The Kier molecular flexibility index (Phi) is 7.19. The quantitative estimate of drug-likeness (QED) is 0.676. The molecule has 1 saturated heterocycles. The summed E-state index contributed by atoms with van der Waals surface area (Å²) in [7, 11) is 0. The minimum Gasteiger partial charge on any atom is -0.395 e. The number of piperazine rings is 1. The van der Waals surface area contributed by atoms with Crippen LogP contribution in [0.4, 0.5) is 0 Å². The smallest absolute Gasteiger partial charge is 0.234 e. The van der Waals surface area contributed by atoms with Crippen LogP contribution in [-0.2, 0) is 4.79 Å². The van der Waals surface area contributed by atoms with Gasteiger partial charge in [0.2, 0.25) is 5.91 Å². The number of aliphatic hydroxyl groups excluding tert-OH is 1. The summed E-state index contributed by atoms with van der Waals surface area (Å²) < 4.78 is 0. The van der Waals surface area contributed by atoms with Crippen LogP contribution in [0.2, 0.25) is 0 Å². The summed E-state index contributed by atoms with van der Waals surface area (Å²) in [5.41, 5.74) is 1.51. The monoisotopic (exact) mass is 295 g/mol. The predicted molar refractivity (Wildman–Crippen MR) is 84.1 cm³/mol. The van der Waals surface area contributed by atoms with Gasteiger partial charge in [-0.3, -0.25) is 14.6 Å². The van der Waals surface area contributed by atoms with E-state index in [1.165, 1.54) is 31.3 Å². The van der Waals surface area contributed by atoms with Crippen LogP contribution in [0.15, 0.2) is 11.6 Å². The number of nitrogens with zero attached hydrogens (tertiary/aromatic N) is 2. The molecule has 1 aliphatic heterocycles. The highest BCUT2D eigenvalue weighted by Crippen LogP contribution is 2.19. The average Bonchev–Trinajstić information content (AvgIpc) is 2.51. The Bertz CT molecular complexity index is 349. The molecular weight excluding hydrogens is 266 g/mol. The SMILES string of the molecule is O=C(CN1CCN(CCO)CC1)NCCC1=CCCCC1. The first-order chi connectivity index (χ1) is 10.3. The highest BCUT2D eigenvalue weighted by atomic mass is 16.3. The molecule has 2 rings (SSSR count). The molecule has 1 heterocycles. The van der Waals surface area contributed by atoms with Crippen molar-refractivity contribution in [2.75, 3.05) is 52.4 Å². The first kappa shape index (κ1) is 16.5. The number of allylic oxidation sites excluding steroid dienone is 1. The van der Waals surface area contributed by atoms with Crippen LogP contribution in [0, 0.1) is 0 Å². The molecule has 0 radical (unpaired) electrons. The van der Waals surface area contributed by atoms with E-state index in [0.29, 0.717) is 6.54 Å². The van der Waals surface area contributed by atoms with Crippen LogP contribution < -0.4 is 5.32 Å². The van der Waals surface area contributed by atoms with Gasteiger partial charge in [0.1, 0.15) is 0 Å². The Morgan fingerprint density at radius 1 is 1.19 bits per heavy atom. The Balaban J connectivity index is 1.56. The Morgan fingerprint density at radius 2 is 1.95 bits per heavy atom. The number of nitrogens with one attached hydrogen (secondary N) is 1. The molecular formula is C16H29N3O2. The molecule has 1 amide bonds. The fraction of sp³-hybridized carbons (Fsp3) is 0.812. The van der Waals surface area contributed by atoms with Crippen LogP contribution in [0.5, 0.6) is 0 Å². The normalized spacial score (nSPS) is 21.1. The number of hydrogen-bond donors (Lipinski definition) is 2. The summed E-state index contributed by atoms with van der Waals surface area (Å²) in [4.78, 5) is 16.4. The molecule has 21 heavy (non-hydrogen) atoms. The van der Waals surface area contributed by atoms with Gasteiger partial charge in [-0.25, -0.2) is 0 Å². The van der Waals surface area contributed by atoms with Crippen LogP contribution in [-0.4, -0.2) is 73.2 Å². The molecule has 0 spiro atoms. The van der Waals surface area contributed by atoms with E-state index in [4.69, 9.17) is 5.11 Å². The molecule has 0 aromatic rings. The van der Waals surface area contributed by atoms with Crippen LogP contribution >= 0.6 is 0 Å². The summed E-state index contributed by atoms with van der Waals surface area (Å²) >= 11 is 0. The third-order valence-electron chi connectivity index (χ3n) is 4.40. The van der Waals surface area contributed by atoms with Gasteiger partial charge in [-0.2, -0.15) is 0 Å². The lowest BCUT2D eigenvalue weighted by atomic mass is 9.97. The lowest BCUT2D eigenvalue weighted by Gasteiger charge is -2.33. The third kappa shape index (κ3) is 6.16. The standard InChI is InChI=1S/C16H29N3O2/c20-13-12-18-8-10-19(11-9-18)14-16(21)17-7-6-15-4-2-1-3-5-15/h4,20H,1-3,5-14H2,(H,17,21). The number of rotatable bonds is 7. The van der Waals surface area contributed by atoms with Gasteiger partial charge < -0.3 is 10.4 Å². The van der Waals surface area contributed by atoms with Gasteiger partial charge in [0, 0.05) is 39.3 Å². The van der Waals surface area contributed by atoms with Gasteiger partial charge in [0.15, 0.2) is 0 Å². The molecule has 0 unspecified atom stereocenters. The molecule has 1 fully saturated rings. The Hall–Kier alpha value is -0.910. The lowest BCUT2D eigenvalue weighted by molar-refractivity contribution is -0.122. The number of hydrogen-bond acceptors (Lipinski definition) is 4. The lowest BCUT2D eigenvalue weighted by Crippen LogP contribution is -2.50. The van der Waals surface area contributed by atoms with Crippen molar-refractivity contribution < 1.29 is 9.90 Å². The molecule has 5 nitrogen and oxygen atoms in total. The third-order valence-corrected chi connectivity index (χ3v) is 4.40. The van der Waals surface area contributed by atoms with E-state index < -0.39 is 0 Å². The highest BCUT2D eigenvalue weighted by Gasteiger charge is 2.18. The zero-order valence-electron chi connectivity index (χ0n) is 13.0. The molecule has 120 valence electrons. The summed E-state index contributed by atoms with van der Waals surface area (Å²) in [5.74, 6) is 0.141. The molecule has 5 heteroatoms. The van der Waals surface area contributed by atoms with Crippen LogP contribution in [0.1, 0.15) is 32.1 Å². The maximum absolute atomic E-state index is 11.9. The molecule has 0 atom stereocenters. The van der Waals surface area contributed by atoms with E-state index in [1.807, 2.05) is 0 Å². The van der Waals surface area contributed by atoms with E-state index in [1.54, 1.807) is 0 Å². The molecule has 0 bridgehead atoms. The topological polar surface area (TPSA) is 55.8 Å². The number of aliphatic hydroxyl groups is 1. The molecule has 2 N–H and O–H groups in total. The first-order valence-corrected chi connectivity index (χ1v) is 8.28. The van der Waals surface area contributed by atoms with Gasteiger partial charge >= 0.3 is 0 Å². The van der Waals surface area contributed by atoms with E-state index in [-0.39, 0.29) is 12.5 Å². The zero-order valence-corrected chi connectivity index (χ0v) is 13.0. The minimum absolute atomic E-state index is 0.141. The fourth-order valence-corrected chi connectivity index (χ4v) is 3.07. The van der Waals surface area contributed by atoms with Crippen molar-refractivity contribution in [2.45, 2.75) is 32.1 Å². The first-order valence-electron chi connectivity index (χ1n) is 8.28. The summed E-state index contributed by atoms with van der Waals surface area (Å²) in [5, 5.41) is 11.9. The number of amides is 1. The van der Waals surface area contributed by atoms with Gasteiger partial charge in [-0.05, 0) is 32.1 Å². The fourth-order valence-electron chi connectivity index (χ4n) is 3.07. The van der Waals surface area contributed by atoms with Gasteiger partial charge in [-0.1, -0.05) is 11.6 Å². The van der Waals surface area contributed by atoms with Crippen molar-refractivity contribution in [3.05, 3.63) is 11.6 Å². The molecule has 1 aliphatic carbocycles. The second-order valence-electron chi connectivity index (χ2n) is 6.05. The molecule has 0 saturated carbocycles. The summed E-state index contributed by atoms with van der Waals surface area (Å²) in [6.45, 7) is 5.96. The maximum atomic E-state index is 11.9. The second kappa shape index (κ2) is 9.18. The van der Waals surface area contributed by atoms with Gasteiger partial charge in [0.25, 0.3) is 0 Å². The average molecular weight is 295 g/mol. The number of carbonyl (C=O) groups excluding carboxylic acids is 1. The maximum Gasteiger partial charge on any atom is 0.234 e. The minimum atomic E-state index is 0.141. The molecule has 0 aromatic heterocycles. The number of carbonyl (C=O) groups is 1. The van der Waals surface area contributed by atoms with Gasteiger partial charge in [-0.15, -0.1) is 0 Å². The van der Waals surface area contributed by atoms with Crippen molar-refractivity contribution in [3.8, 4) is 0 Å². The summed E-state index contributed by atoms with van der Waals surface area (Å²) in [6.07, 6.45) is 8.39. The highest BCUT2D eigenvalue weighted by molar-refractivity contribution is 5.78. The molecule has 2 aliphatic rings. The van der Waals surface area contributed by atoms with E-state index in [9.17, 15) is 4.79 Å². The van der Waals surface area contributed by atoms with Crippen molar-refractivity contribution in [3.63, 3.8) is 0 Å². The van der Waals surface area contributed by atoms with Crippen LogP contribution in [0.25, 0.3) is 0 Å². The zero-order chi connectivity index (χ0) is 14.9.